The van der Waals surface area contributed by atoms with Gasteiger partial charge in [0, 0.05) is 7.11 Å². The molecule has 0 bridgehead atoms. The highest BCUT2D eigenvalue weighted by Gasteiger charge is 2.12. The van der Waals surface area contributed by atoms with Gasteiger partial charge in [0.2, 0.25) is 0 Å². The molecule has 16 heavy (non-hydrogen) atoms. The van der Waals surface area contributed by atoms with Gasteiger partial charge in [-0.1, -0.05) is 19.1 Å². The molecule has 1 aromatic heterocycles. The van der Waals surface area contributed by atoms with Crippen molar-refractivity contribution in [3.8, 4) is 0 Å². The molecular formula is C11H21N3O2. The fourth-order valence-electron chi connectivity index (χ4n) is 1.55. The Balaban J connectivity index is 2.71. The van der Waals surface area contributed by atoms with Crippen molar-refractivity contribution in [2.24, 2.45) is 5.92 Å². The van der Waals surface area contributed by atoms with Crippen LogP contribution in [0.15, 0.2) is 0 Å². The molecule has 0 atom stereocenters. The van der Waals surface area contributed by atoms with Crippen molar-refractivity contribution in [3.05, 3.63) is 11.4 Å². The maximum absolute atomic E-state index is 9.18. The average Bonchev–Trinajstić information content (AvgIpc) is 2.65. The minimum Gasteiger partial charge on any atom is -0.390 e. The van der Waals surface area contributed by atoms with Gasteiger partial charge in [0.25, 0.3) is 0 Å². The molecule has 5 heteroatoms. The van der Waals surface area contributed by atoms with E-state index in [1.165, 1.54) is 0 Å². The molecule has 0 aliphatic rings. The van der Waals surface area contributed by atoms with Crippen molar-refractivity contribution < 1.29 is 9.84 Å². The molecule has 0 aliphatic carbocycles. The molecule has 0 radical (unpaired) electrons. The number of nitrogens with zero attached hydrogens (tertiary/aromatic N) is 3. The van der Waals surface area contributed by atoms with Crippen molar-refractivity contribution in [2.45, 2.75) is 39.8 Å². The quantitative estimate of drug-likeness (QED) is 0.755. The summed E-state index contributed by atoms with van der Waals surface area (Å²) in [6.07, 6.45) is 1.98. The lowest BCUT2D eigenvalue weighted by Gasteiger charge is -2.08. The second-order valence-corrected chi connectivity index (χ2v) is 4.29. The smallest absolute Gasteiger partial charge is 0.111 e. The van der Waals surface area contributed by atoms with Gasteiger partial charge in [-0.3, -0.25) is 0 Å². The molecule has 1 heterocycles. The standard InChI is InChI=1S/C11H21N3O2/c1-9(2)4-5-11-10(8-15)12-13-14(11)6-7-16-3/h9,15H,4-8H2,1-3H3. The Morgan fingerprint density at radius 2 is 2.19 bits per heavy atom. The number of aromatic nitrogens is 3. The van der Waals surface area contributed by atoms with Crippen molar-refractivity contribution >= 4 is 0 Å². The summed E-state index contributed by atoms with van der Waals surface area (Å²) in [4.78, 5) is 0. The molecule has 1 N–H and O–H groups in total. The van der Waals surface area contributed by atoms with E-state index >= 15 is 0 Å². The molecule has 0 fully saturated rings. The predicted octanol–water partition coefficient (Wildman–Crippen LogP) is 1.01. The van der Waals surface area contributed by atoms with E-state index in [2.05, 4.69) is 24.2 Å². The highest BCUT2D eigenvalue weighted by atomic mass is 16.5. The average molecular weight is 227 g/mol. The lowest BCUT2D eigenvalue weighted by Crippen LogP contribution is -2.11. The fourth-order valence-corrected chi connectivity index (χ4v) is 1.55. The summed E-state index contributed by atoms with van der Waals surface area (Å²) in [6, 6.07) is 0. The topological polar surface area (TPSA) is 60.2 Å². The van der Waals surface area contributed by atoms with E-state index < -0.39 is 0 Å². The molecule has 0 amide bonds. The molecule has 1 rings (SSSR count). The number of aliphatic hydroxyl groups excluding tert-OH is 1. The third-order valence-corrected chi connectivity index (χ3v) is 2.53. The third kappa shape index (κ3) is 3.57. The van der Waals surface area contributed by atoms with Gasteiger partial charge in [0.15, 0.2) is 0 Å². The number of methoxy groups -OCH3 is 1. The minimum absolute atomic E-state index is 0.0413. The number of ether oxygens (including phenoxy) is 1. The van der Waals surface area contributed by atoms with Crippen LogP contribution in [-0.4, -0.2) is 33.8 Å². The van der Waals surface area contributed by atoms with Gasteiger partial charge in [0.1, 0.15) is 5.69 Å². The van der Waals surface area contributed by atoms with Crippen LogP contribution in [0.3, 0.4) is 0 Å². The Hall–Kier alpha value is -0.940. The van der Waals surface area contributed by atoms with Crippen LogP contribution < -0.4 is 0 Å². The van der Waals surface area contributed by atoms with Gasteiger partial charge in [-0.05, 0) is 18.8 Å². The molecule has 0 saturated heterocycles. The van der Waals surface area contributed by atoms with Crippen molar-refractivity contribution in [3.63, 3.8) is 0 Å². The summed E-state index contributed by atoms with van der Waals surface area (Å²) in [5.74, 6) is 0.636. The van der Waals surface area contributed by atoms with Crippen LogP contribution in [0.1, 0.15) is 31.7 Å². The summed E-state index contributed by atoms with van der Waals surface area (Å²) in [6.45, 7) is 5.63. The van der Waals surface area contributed by atoms with Crippen LogP contribution in [0.25, 0.3) is 0 Å². The first-order chi connectivity index (χ1) is 7.69. The maximum Gasteiger partial charge on any atom is 0.111 e. The molecule has 0 spiro atoms. The molecule has 1 aromatic rings. The van der Waals surface area contributed by atoms with E-state index in [1.54, 1.807) is 7.11 Å². The Bertz CT molecular complexity index is 310. The highest BCUT2D eigenvalue weighted by Crippen LogP contribution is 2.12. The van der Waals surface area contributed by atoms with E-state index in [0.717, 1.165) is 18.5 Å². The van der Waals surface area contributed by atoms with Crippen molar-refractivity contribution in [1.82, 2.24) is 15.0 Å². The van der Waals surface area contributed by atoms with E-state index in [1.807, 2.05) is 4.68 Å². The number of hydrogen-bond acceptors (Lipinski definition) is 4. The zero-order chi connectivity index (χ0) is 12.0. The van der Waals surface area contributed by atoms with E-state index in [4.69, 9.17) is 4.74 Å². The summed E-state index contributed by atoms with van der Waals surface area (Å²) in [7, 11) is 1.66. The minimum atomic E-state index is -0.0413. The van der Waals surface area contributed by atoms with Gasteiger partial charge in [-0.25, -0.2) is 4.68 Å². The largest absolute Gasteiger partial charge is 0.390 e. The Morgan fingerprint density at radius 1 is 1.44 bits per heavy atom. The molecule has 0 aromatic carbocycles. The number of hydrogen-bond donors (Lipinski definition) is 1. The SMILES string of the molecule is COCCn1nnc(CO)c1CCC(C)C. The van der Waals surface area contributed by atoms with Gasteiger partial charge >= 0.3 is 0 Å². The summed E-state index contributed by atoms with van der Waals surface area (Å²) >= 11 is 0. The Labute approximate surface area is 96.4 Å². The van der Waals surface area contributed by atoms with E-state index in [-0.39, 0.29) is 6.61 Å². The van der Waals surface area contributed by atoms with Gasteiger partial charge in [-0.2, -0.15) is 0 Å². The van der Waals surface area contributed by atoms with E-state index in [0.29, 0.717) is 24.8 Å². The first-order valence-electron chi connectivity index (χ1n) is 5.70. The molecule has 5 nitrogen and oxygen atoms in total. The number of aliphatic hydroxyl groups is 1. The molecular weight excluding hydrogens is 206 g/mol. The second kappa shape index (κ2) is 6.60. The summed E-state index contributed by atoms with van der Waals surface area (Å²) < 4.78 is 6.85. The Morgan fingerprint density at radius 3 is 2.75 bits per heavy atom. The van der Waals surface area contributed by atoms with Crippen molar-refractivity contribution in [1.29, 1.82) is 0 Å². The van der Waals surface area contributed by atoms with Crippen LogP contribution >= 0.6 is 0 Å². The molecule has 0 unspecified atom stereocenters. The van der Waals surface area contributed by atoms with Crippen LogP contribution in [0, 0.1) is 5.92 Å². The van der Waals surface area contributed by atoms with Gasteiger partial charge in [-0.15, -0.1) is 5.10 Å². The van der Waals surface area contributed by atoms with Crippen LogP contribution in [0.2, 0.25) is 0 Å². The predicted molar refractivity (Wildman–Crippen MR) is 61.0 cm³/mol. The normalized spacial score (nSPS) is 11.3. The molecule has 92 valence electrons. The second-order valence-electron chi connectivity index (χ2n) is 4.29. The molecule has 0 saturated carbocycles. The highest BCUT2D eigenvalue weighted by molar-refractivity contribution is 5.09. The van der Waals surface area contributed by atoms with Gasteiger partial charge in [0.05, 0.1) is 25.5 Å². The Kier molecular flexibility index (Phi) is 5.42. The first kappa shape index (κ1) is 13.1. The molecule has 0 aliphatic heterocycles. The number of rotatable bonds is 7. The monoisotopic (exact) mass is 227 g/mol. The lowest BCUT2D eigenvalue weighted by atomic mass is 10.1. The third-order valence-electron chi connectivity index (χ3n) is 2.53. The van der Waals surface area contributed by atoms with Crippen LogP contribution in [0.4, 0.5) is 0 Å². The zero-order valence-corrected chi connectivity index (χ0v) is 10.3. The van der Waals surface area contributed by atoms with Crippen molar-refractivity contribution in [2.75, 3.05) is 13.7 Å². The summed E-state index contributed by atoms with van der Waals surface area (Å²) in [5.41, 5.74) is 1.73. The summed E-state index contributed by atoms with van der Waals surface area (Å²) in [5, 5.41) is 17.2. The lowest BCUT2D eigenvalue weighted by molar-refractivity contribution is 0.181. The zero-order valence-electron chi connectivity index (χ0n) is 10.3. The van der Waals surface area contributed by atoms with Crippen LogP contribution in [0.5, 0.6) is 0 Å². The first-order valence-corrected chi connectivity index (χ1v) is 5.70. The van der Waals surface area contributed by atoms with E-state index in [9.17, 15) is 5.11 Å². The fraction of sp³-hybridized carbons (Fsp3) is 0.818. The van der Waals surface area contributed by atoms with Crippen LogP contribution in [-0.2, 0) is 24.3 Å². The maximum atomic E-state index is 9.18. The van der Waals surface area contributed by atoms with Gasteiger partial charge < -0.3 is 9.84 Å².